The molecule has 0 amide bonds. The predicted molar refractivity (Wildman–Crippen MR) is 73.4 cm³/mol. The Morgan fingerprint density at radius 1 is 1.35 bits per heavy atom. The van der Waals surface area contributed by atoms with E-state index in [1.54, 1.807) is 0 Å². The van der Waals surface area contributed by atoms with Crippen molar-refractivity contribution in [3.05, 3.63) is 0 Å². The molecule has 3 heteroatoms. The Hall–Kier alpha value is -0.120. The molecule has 1 saturated carbocycles. The second kappa shape index (κ2) is 8.06. The van der Waals surface area contributed by atoms with Gasteiger partial charge in [-0.2, -0.15) is 0 Å². The number of hydrogen-bond acceptors (Lipinski definition) is 3. The average molecular weight is 242 g/mol. The molecular weight excluding hydrogens is 212 g/mol. The van der Waals surface area contributed by atoms with Crippen LogP contribution in [-0.2, 0) is 4.74 Å². The van der Waals surface area contributed by atoms with Crippen LogP contribution in [0.3, 0.4) is 0 Å². The van der Waals surface area contributed by atoms with Crippen molar-refractivity contribution in [3.63, 3.8) is 0 Å². The van der Waals surface area contributed by atoms with Crippen LogP contribution in [0.2, 0.25) is 0 Å². The van der Waals surface area contributed by atoms with E-state index in [1.165, 1.54) is 19.3 Å². The van der Waals surface area contributed by atoms with Crippen LogP contribution in [0, 0.1) is 5.92 Å². The summed E-state index contributed by atoms with van der Waals surface area (Å²) >= 11 is 0. The van der Waals surface area contributed by atoms with Crippen LogP contribution in [0.4, 0.5) is 0 Å². The van der Waals surface area contributed by atoms with Crippen molar-refractivity contribution in [1.29, 1.82) is 0 Å². The topological polar surface area (TPSA) is 24.5 Å². The summed E-state index contributed by atoms with van der Waals surface area (Å²) in [6, 6.07) is 0.842. The van der Waals surface area contributed by atoms with Gasteiger partial charge in [0, 0.05) is 19.1 Å². The fourth-order valence-electron chi connectivity index (χ4n) is 1.95. The molecule has 1 aliphatic rings. The van der Waals surface area contributed by atoms with Gasteiger partial charge in [0.05, 0.1) is 12.7 Å². The van der Waals surface area contributed by atoms with Crippen LogP contribution in [0.1, 0.15) is 40.0 Å². The highest BCUT2D eigenvalue weighted by Gasteiger charge is 2.25. The first kappa shape index (κ1) is 14.9. The molecule has 3 nitrogen and oxygen atoms in total. The molecule has 0 saturated heterocycles. The molecule has 1 atom stereocenters. The lowest BCUT2D eigenvalue weighted by Crippen LogP contribution is -2.36. The highest BCUT2D eigenvalue weighted by molar-refractivity contribution is 4.82. The van der Waals surface area contributed by atoms with E-state index in [1.807, 2.05) is 0 Å². The zero-order valence-electron chi connectivity index (χ0n) is 12.0. The van der Waals surface area contributed by atoms with E-state index in [0.717, 1.165) is 32.3 Å². The molecule has 0 bridgehead atoms. The molecular formula is C14H30N2O. The molecule has 0 heterocycles. The molecule has 0 spiro atoms. The quantitative estimate of drug-likeness (QED) is 0.594. The Morgan fingerprint density at radius 2 is 2.06 bits per heavy atom. The third-order valence-corrected chi connectivity index (χ3v) is 3.46. The summed E-state index contributed by atoms with van der Waals surface area (Å²) in [5.74, 6) is 0.589. The van der Waals surface area contributed by atoms with Crippen LogP contribution in [0.25, 0.3) is 0 Å². The van der Waals surface area contributed by atoms with E-state index in [2.05, 4.69) is 38.0 Å². The highest BCUT2D eigenvalue weighted by Crippen LogP contribution is 2.24. The van der Waals surface area contributed by atoms with Crippen molar-refractivity contribution >= 4 is 0 Å². The van der Waals surface area contributed by atoms with E-state index in [9.17, 15) is 0 Å². The Balaban J connectivity index is 2.09. The minimum atomic E-state index is 0.356. The molecule has 0 aromatic rings. The minimum absolute atomic E-state index is 0.356. The first-order valence-corrected chi connectivity index (χ1v) is 7.17. The van der Waals surface area contributed by atoms with E-state index < -0.39 is 0 Å². The SMILES string of the molecule is CCCNCC(OCCN(C)C1CC1)C(C)C. The summed E-state index contributed by atoms with van der Waals surface area (Å²) in [7, 11) is 2.21. The number of ether oxygens (including phenoxy) is 1. The molecule has 0 aromatic carbocycles. The van der Waals surface area contributed by atoms with Crippen molar-refractivity contribution in [1.82, 2.24) is 10.2 Å². The third kappa shape index (κ3) is 6.39. The predicted octanol–water partition coefficient (Wildman–Crippen LogP) is 2.12. The lowest BCUT2D eigenvalue weighted by Gasteiger charge is -2.24. The van der Waals surface area contributed by atoms with Gasteiger partial charge < -0.3 is 15.0 Å². The van der Waals surface area contributed by atoms with Gasteiger partial charge in [0.15, 0.2) is 0 Å². The minimum Gasteiger partial charge on any atom is -0.375 e. The van der Waals surface area contributed by atoms with Gasteiger partial charge in [-0.25, -0.2) is 0 Å². The van der Waals surface area contributed by atoms with Crippen LogP contribution in [-0.4, -0.2) is 50.3 Å². The van der Waals surface area contributed by atoms with Crippen molar-refractivity contribution in [2.24, 2.45) is 5.92 Å². The van der Waals surface area contributed by atoms with E-state index in [0.29, 0.717) is 12.0 Å². The molecule has 1 rings (SSSR count). The lowest BCUT2D eigenvalue weighted by atomic mass is 10.1. The average Bonchev–Trinajstić information content (AvgIpc) is 3.10. The fourth-order valence-corrected chi connectivity index (χ4v) is 1.95. The Morgan fingerprint density at radius 3 is 2.59 bits per heavy atom. The molecule has 0 radical (unpaired) electrons. The van der Waals surface area contributed by atoms with E-state index >= 15 is 0 Å². The standard InChI is InChI=1S/C14H30N2O/c1-5-8-15-11-14(12(2)3)17-10-9-16(4)13-6-7-13/h12-15H,5-11H2,1-4H3. The summed E-state index contributed by atoms with van der Waals surface area (Å²) in [5, 5.41) is 3.45. The molecule has 17 heavy (non-hydrogen) atoms. The summed E-state index contributed by atoms with van der Waals surface area (Å²) in [6.07, 6.45) is 4.30. The second-order valence-electron chi connectivity index (χ2n) is 5.57. The number of nitrogens with one attached hydrogen (secondary N) is 1. The fraction of sp³-hybridized carbons (Fsp3) is 1.00. The maximum absolute atomic E-state index is 5.99. The highest BCUT2D eigenvalue weighted by atomic mass is 16.5. The van der Waals surface area contributed by atoms with Gasteiger partial charge >= 0.3 is 0 Å². The molecule has 1 N–H and O–H groups in total. The summed E-state index contributed by atoms with van der Waals surface area (Å²) in [5.41, 5.74) is 0. The van der Waals surface area contributed by atoms with Gasteiger partial charge in [-0.1, -0.05) is 20.8 Å². The summed E-state index contributed by atoms with van der Waals surface area (Å²) in [4.78, 5) is 2.43. The van der Waals surface area contributed by atoms with Crippen LogP contribution >= 0.6 is 0 Å². The van der Waals surface area contributed by atoms with Crippen molar-refractivity contribution in [3.8, 4) is 0 Å². The lowest BCUT2D eigenvalue weighted by molar-refractivity contribution is 0.0132. The first-order chi connectivity index (χ1) is 8.15. The van der Waals surface area contributed by atoms with Crippen molar-refractivity contribution in [2.45, 2.75) is 52.2 Å². The molecule has 102 valence electrons. The molecule has 1 fully saturated rings. The van der Waals surface area contributed by atoms with Gasteiger partial charge in [0.1, 0.15) is 0 Å². The molecule has 0 aliphatic heterocycles. The molecule has 0 aromatic heterocycles. The molecule has 1 unspecified atom stereocenters. The largest absolute Gasteiger partial charge is 0.375 e. The van der Waals surface area contributed by atoms with Gasteiger partial charge in [-0.3, -0.25) is 0 Å². The smallest absolute Gasteiger partial charge is 0.0722 e. The van der Waals surface area contributed by atoms with Crippen LogP contribution in [0.15, 0.2) is 0 Å². The molecule has 1 aliphatic carbocycles. The normalized spacial score (nSPS) is 18.0. The van der Waals surface area contributed by atoms with Gasteiger partial charge in [-0.05, 0) is 38.8 Å². The first-order valence-electron chi connectivity index (χ1n) is 7.17. The summed E-state index contributed by atoms with van der Waals surface area (Å²) < 4.78 is 5.99. The van der Waals surface area contributed by atoms with Gasteiger partial charge in [0.2, 0.25) is 0 Å². The van der Waals surface area contributed by atoms with E-state index in [-0.39, 0.29) is 0 Å². The van der Waals surface area contributed by atoms with Gasteiger partial charge in [-0.15, -0.1) is 0 Å². The van der Waals surface area contributed by atoms with Gasteiger partial charge in [0.25, 0.3) is 0 Å². The number of nitrogens with zero attached hydrogens (tertiary/aromatic N) is 1. The summed E-state index contributed by atoms with van der Waals surface area (Å²) in [6.45, 7) is 10.7. The van der Waals surface area contributed by atoms with Crippen molar-refractivity contribution < 1.29 is 4.74 Å². The number of hydrogen-bond donors (Lipinski definition) is 1. The number of likely N-dealkylation sites (N-methyl/N-ethyl adjacent to an activating group) is 1. The second-order valence-corrected chi connectivity index (χ2v) is 5.57. The van der Waals surface area contributed by atoms with Crippen molar-refractivity contribution in [2.75, 3.05) is 33.3 Å². The van der Waals surface area contributed by atoms with Crippen LogP contribution in [0.5, 0.6) is 0 Å². The monoisotopic (exact) mass is 242 g/mol. The maximum atomic E-state index is 5.99. The Kier molecular flexibility index (Phi) is 7.09. The Labute approximate surface area is 107 Å². The van der Waals surface area contributed by atoms with E-state index in [4.69, 9.17) is 4.74 Å². The Bertz CT molecular complexity index is 193. The van der Waals surface area contributed by atoms with Crippen LogP contribution < -0.4 is 5.32 Å². The zero-order chi connectivity index (χ0) is 12.7. The third-order valence-electron chi connectivity index (χ3n) is 3.46. The number of rotatable bonds is 10. The maximum Gasteiger partial charge on any atom is 0.0722 e. The zero-order valence-corrected chi connectivity index (χ0v) is 12.0.